The first-order valence-corrected chi connectivity index (χ1v) is 8.14. The van der Waals surface area contributed by atoms with Gasteiger partial charge in [0.15, 0.2) is 0 Å². The molecule has 1 N–H and O–H groups in total. The topological polar surface area (TPSA) is 32.3 Å². The van der Waals surface area contributed by atoms with Crippen molar-refractivity contribution in [2.24, 2.45) is 5.41 Å². The summed E-state index contributed by atoms with van der Waals surface area (Å²) in [4.78, 5) is 15.4. The summed E-state index contributed by atoms with van der Waals surface area (Å²) in [5.74, 6) is 0.432. The Kier molecular flexibility index (Phi) is 4.88. The van der Waals surface area contributed by atoms with Crippen LogP contribution in [0.4, 0.5) is 0 Å². The standard InChI is InChI=1S/C16H30N2O/c1-4-9-16(10-6-11-17-12-16)15(19)18-13(2)7-5-8-14(18)3/h13-14,17H,4-12H2,1-3H3/t13-,14+,16?. The third-order valence-electron chi connectivity index (χ3n) is 5.08. The number of nitrogens with one attached hydrogen (secondary N) is 1. The predicted molar refractivity (Wildman–Crippen MR) is 79.1 cm³/mol. The second-order valence-corrected chi connectivity index (χ2v) is 6.65. The van der Waals surface area contributed by atoms with Crippen molar-refractivity contribution in [3.63, 3.8) is 0 Å². The molecule has 0 aromatic rings. The van der Waals surface area contributed by atoms with Crippen LogP contribution < -0.4 is 5.32 Å². The molecule has 0 aromatic heterocycles. The summed E-state index contributed by atoms with van der Waals surface area (Å²) < 4.78 is 0. The van der Waals surface area contributed by atoms with E-state index in [1.54, 1.807) is 0 Å². The molecule has 0 aliphatic carbocycles. The summed E-state index contributed by atoms with van der Waals surface area (Å²) in [5.41, 5.74) is -0.118. The van der Waals surface area contributed by atoms with Gasteiger partial charge >= 0.3 is 0 Å². The van der Waals surface area contributed by atoms with Gasteiger partial charge in [-0.05, 0) is 58.9 Å². The van der Waals surface area contributed by atoms with Crippen molar-refractivity contribution in [1.82, 2.24) is 10.2 Å². The lowest BCUT2D eigenvalue weighted by Gasteiger charge is -2.46. The number of hydrogen-bond donors (Lipinski definition) is 1. The Morgan fingerprint density at radius 1 is 1.26 bits per heavy atom. The number of carbonyl (C=O) groups excluding carboxylic acids is 1. The first kappa shape index (κ1) is 14.8. The summed E-state index contributed by atoms with van der Waals surface area (Å²) in [6.07, 6.45) is 7.96. The highest BCUT2D eigenvalue weighted by atomic mass is 16.2. The smallest absolute Gasteiger partial charge is 0.230 e. The molecule has 2 rings (SSSR count). The quantitative estimate of drug-likeness (QED) is 0.852. The largest absolute Gasteiger partial charge is 0.337 e. The summed E-state index contributed by atoms with van der Waals surface area (Å²) in [7, 11) is 0. The van der Waals surface area contributed by atoms with E-state index in [9.17, 15) is 4.79 Å². The molecule has 1 amide bonds. The Morgan fingerprint density at radius 2 is 1.95 bits per heavy atom. The van der Waals surface area contributed by atoms with Gasteiger partial charge in [-0.15, -0.1) is 0 Å². The first-order chi connectivity index (χ1) is 9.10. The molecule has 2 aliphatic rings. The van der Waals surface area contributed by atoms with Crippen molar-refractivity contribution in [2.45, 2.75) is 77.8 Å². The summed E-state index contributed by atoms with van der Waals surface area (Å²) in [6, 6.07) is 0.846. The van der Waals surface area contributed by atoms with Crippen molar-refractivity contribution in [2.75, 3.05) is 13.1 Å². The minimum absolute atomic E-state index is 0.118. The van der Waals surface area contributed by atoms with E-state index in [-0.39, 0.29) is 5.41 Å². The molecule has 0 saturated carbocycles. The minimum atomic E-state index is -0.118. The first-order valence-electron chi connectivity index (χ1n) is 8.14. The number of piperidine rings is 2. The normalized spacial score (nSPS) is 36.3. The second kappa shape index (κ2) is 6.25. The summed E-state index contributed by atoms with van der Waals surface area (Å²) >= 11 is 0. The lowest BCUT2D eigenvalue weighted by molar-refractivity contribution is -0.150. The van der Waals surface area contributed by atoms with E-state index in [1.807, 2.05) is 0 Å². The third-order valence-corrected chi connectivity index (χ3v) is 5.08. The SMILES string of the molecule is CCCC1(C(=O)N2[C@H](C)CCC[C@@H]2C)CCCNC1. The van der Waals surface area contributed by atoms with Gasteiger partial charge in [0.25, 0.3) is 0 Å². The molecular weight excluding hydrogens is 236 g/mol. The van der Waals surface area contributed by atoms with Crippen molar-refractivity contribution < 1.29 is 4.79 Å². The average Bonchev–Trinajstić information content (AvgIpc) is 2.40. The number of carbonyl (C=O) groups is 1. The van der Waals surface area contributed by atoms with E-state index in [4.69, 9.17) is 0 Å². The van der Waals surface area contributed by atoms with Gasteiger partial charge in [-0.1, -0.05) is 13.3 Å². The summed E-state index contributed by atoms with van der Waals surface area (Å²) in [6.45, 7) is 8.61. The maximum absolute atomic E-state index is 13.2. The molecule has 2 heterocycles. The van der Waals surface area contributed by atoms with Gasteiger partial charge in [-0.3, -0.25) is 4.79 Å². The third kappa shape index (κ3) is 2.96. The van der Waals surface area contributed by atoms with Crippen LogP contribution in [-0.4, -0.2) is 36.0 Å². The van der Waals surface area contributed by atoms with Gasteiger partial charge in [0, 0.05) is 18.6 Å². The fraction of sp³-hybridized carbons (Fsp3) is 0.938. The minimum Gasteiger partial charge on any atom is -0.337 e. The Morgan fingerprint density at radius 3 is 2.47 bits per heavy atom. The number of nitrogens with zero attached hydrogens (tertiary/aromatic N) is 1. The zero-order chi connectivity index (χ0) is 13.9. The van der Waals surface area contributed by atoms with Crippen molar-refractivity contribution in [3.8, 4) is 0 Å². The van der Waals surface area contributed by atoms with Crippen LogP contribution in [0.2, 0.25) is 0 Å². The van der Waals surface area contributed by atoms with Crippen LogP contribution in [0.1, 0.15) is 65.7 Å². The molecule has 3 atom stereocenters. The second-order valence-electron chi connectivity index (χ2n) is 6.65. The highest BCUT2D eigenvalue weighted by Gasteiger charge is 2.44. The predicted octanol–water partition coefficient (Wildman–Crippen LogP) is 2.95. The highest BCUT2D eigenvalue weighted by molar-refractivity contribution is 5.84. The molecule has 2 saturated heterocycles. The van der Waals surface area contributed by atoms with E-state index in [1.165, 1.54) is 19.3 Å². The van der Waals surface area contributed by atoms with E-state index < -0.39 is 0 Å². The average molecular weight is 266 g/mol. The van der Waals surface area contributed by atoms with Crippen LogP contribution >= 0.6 is 0 Å². The molecule has 3 heteroatoms. The van der Waals surface area contributed by atoms with Gasteiger partial charge in [0.1, 0.15) is 0 Å². The van der Waals surface area contributed by atoms with Crippen LogP contribution in [0, 0.1) is 5.41 Å². The molecule has 0 radical (unpaired) electrons. The molecular formula is C16H30N2O. The maximum Gasteiger partial charge on any atom is 0.230 e. The van der Waals surface area contributed by atoms with Crippen LogP contribution in [0.5, 0.6) is 0 Å². The molecule has 2 fully saturated rings. The summed E-state index contributed by atoms with van der Waals surface area (Å²) in [5, 5.41) is 3.46. The molecule has 0 bridgehead atoms. The number of amides is 1. The molecule has 1 unspecified atom stereocenters. The van der Waals surface area contributed by atoms with Gasteiger partial charge in [0.2, 0.25) is 5.91 Å². The molecule has 2 aliphatic heterocycles. The lowest BCUT2D eigenvalue weighted by Crippen LogP contribution is -2.57. The van der Waals surface area contributed by atoms with Crippen LogP contribution in [0.25, 0.3) is 0 Å². The van der Waals surface area contributed by atoms with E-state index in [2.05, 4.69) is 31.0 Å². The van der Waals surface area contributed by atoms with Gasteiger partial charge in [-0.2, -0.15) is 0 Å². The van der Waals surface area contributed by atoms with Crippen molar-refractivity contribution in [3.05, 3.63) is 0 Å². The molecule has 110 valence electrons. The van der Waals surface area contributed by atoms with Gasteiger partial charge in [-0.25, -0.2) is 0 Å². The maximum atomic E-state index is 13.2. The lowest BCUT2D eigenvalue weighted by atomic mass is 9.74. The Bertz CT molecular complexity index is 294. The Balaban J connectivity index is 2.18. The number of likely N-dealkylation sites (tertiary alicyclic amines) is 1. The van der Waals surface area contributed by atoms with Crippen LogP contribution in [0.15, 0.2) is 0 Å². The van der Waals surface area contributed by atoms with E-state index >= 15 is 0 Å². The van der Waals surface area contributed by atoms with Crippen LogP contribution in [-0.2, 0) is 4.79 Å². The molecule has 0 aromatic carbocycles. The van der Waals surface area contributed by atoms with E-state index in [0.717, 1.165) is 38.8 Å². The number of hydrogen-bond acceptors (Lipinski definition) is 2. The zero-order valence-electron chi connectivity index (χ0n) is 12.9. The molecule has 19 heavy (non-hydrogen) atoms. The van der Waals surface area contributed by atoms with Crippen LogP contribution in [0.3, 0.4) is 0 Å². The fourth-order valence-electron chi connectivity index (χ4n) is 4.04. The van der Waals surface area contributed by atoms with Crippen molar-refractivity contribution in [1.29, 1.82) is 0 Å². The Hall–Kier alpha value is -0.570. The zero-order valence-corrected chi connectivity index (χ0v) is 12.9. The van der Waals surface area contributed by atoms with Crippen molar-refractivity contribution >= 4 is 5.91 Å². The van der Waals surface area contributed by atoms with Gasteiger partial charge < -0.3 is 10.2 Å². The molecule has 3 nitrogen and oxygen atoms in total. The number of rotatable bonds is 3. The fourth-order valence-corrected chi connectivity index (χ4v) is 4.04. The highest BCUT2D eigenvalue weighted by Crippen LogP contribution is 2.37. The van der Waals surface area contributed by atoms with E-state index in [0.29, 0.717) is 18.0 Å². The molecule has 0 spiro atoms. The van der Waals surface area contributed by atoms with Gasteiger partial charge in [0.05, 0.1) is 5.41 Å². The monoisotopic (exact) mass is 266 g/mol. The Labute approximate surface area is 118 Å².